The van der Waals surface area contributed by atoms with Crippen molar-refractivity contribution in [3.8, 4) is 11.1 Å². The van der Waals surface area contributed by atoms with Crippen LogP contribution in [-0.2, 0) is 0 Å². The Morgan fingerprint density at radius 3 is 1.64 bits per heavy atom. The molecular weight excluding hydrogens is 432 g/mol. The summed E-state index contributed by atoms with van der Waals surface area (Å²) in [6.07, 6.45) is 22.2. The summed E-state index contributed by atoms with van der Waals surface area (Å²) in [5.74, 6) is 0.513. The van der Waals surface area contributed by atoms with Crippen LogP contribution in [0.4, 0.5) is 0 Å². The Kier molecular flexibility index (Phi) is 6.17. The fraction of sp³-hybridized carbons (Fsp3) is 0.0556. The highest BCUT2D eigenvalue weighted by Gasteiger charge is 2.27. The summed E-state index contributed by atoms with van der Waals surface area (Å²) < 4.78 is 0. The van der Waals surface area contributed by atoms with Gasteiger partial charge in [0.15, 0.2) is 0 Å². The molecule has 0 N–H and O–H groups in total. The van der Waals surface area contributed by atoms with Crippen LogP contribution in [0.25, 0.3) is 33.0 Å². The molecule has 0 amide bonds. The van der Waals surface area contributed by atoms with E-state index in [4.69, 9.17) is 0 Å². The van der Waals surface area contributed by atoms with E-state index in [-0.39, 0.29) is 11.8 Å². The summed E-state index contributed by atoms with van der Waals surface area (Å²) in [6.45, 7) is 0. The smallest absolute Gasteiger partial charge is 0.0131 e. The molecule has 0 radical (unpaired) electrons. The molecule has 172 valence electrons. The standard InChI is InChI=1S/C36H28/c1-2-7-18-34(36-21-11-10-20-35(36)33(17-6-1)27-13-4-3-5-14-27)30-25-23-29(24-26-30)32-22-12-16-28-15-8-9-19-31(28)32/h1-26,35-36H. The molecule has 0 bridgehead atoms. The lowest BCUT2D eigenvalue weighted by Crippen LogP contribution is -2.17. The van der Waals surface area contributed by atoms with Gasteiger partial charge in [-0.3, -0.25) is 0 Å². The Bertz CT molecular complexity index is 1550. The van der Waals surface area contributed by atoms with Crippen molar-refractivity contribution in [2.75, 3.05) is 0 Å². The second kappa shape index (κ2) is 10.1. The van der Waals surface area contributed by atoms with Gasteiger partial charge in [-0.05, 0) is 44.2 Å². The maximum absolute atomic E-state index is 2.35. The van der Waals surface area contributed by atoms with Crippen LogP contribution >= 0.6 is 0 Å². The number of benzene rings is 4. The molecule has 0 nitrogen and oxygen atoms in total. The molecule has 2 unspecified atom stereocenters. The summed E-state index contributed by atoms with van der Waals surface area (Å²) in [5.41, 5.74) is 7.72. The molecular formula is C36H28. The normalized spacial score (nSPS) is 19.0. The first-order chi connectivity index (χ1) is 17.9. The first-order valence-corrected chi connectivity index (χ1v) is 12.6. The lowest BCUT2D eigenvalue weighted by molar-refractivity contribution is 0.701. The van der Waals surface area contributed by atoms with Crippen molar-refractivity contribution in [3.63, 3.8) is 0 Å². The predicted octanol–water partition coefficient (Wildman–Crippen LogP) is 9.46. The van der Waals surface area contributed by atoms with Crippen molar-refractivity contribution in [1.29, 1.82) is 0 Å². The van der Waals surface area contributed by atoms with Crippen LogP contribution in [0.1, 0.15) is 11.1 Å². The Morgan fingerprint density at radius 2 is 0.944 bits per heavy atom. The number of hydrogen-bond acceptors (Lipinski definition) is 0. The van der Waals surface area contributed by atoms with Crippen LogP contribution in [0, 0.1) is 11.8 Å². The maximum Gasteiger partial charge on any atom is 0.0131 e. The van der Waals surface area contributed by atoms with Crippen LogP contribution in [-0.4, -0.2) is 0 Å². The summed E-state index contributed by atoms with van der Waals surface area (Å²) in [5, 5.41) is 2.56. The van der Waals surface area contributed by atoms with Crippen LogP contribution in [0.3, 0.4) is 0 Å². The lowest BCUT2D eigenvalue weighted by Gasteiger charge is -2.30. The van der Waals surface area contributed by atoms with Gasteiger partial charge < -0.3 is 0 Å². The van der Waals surface area contributed by atoms with Gasteiger partial charge in [-0.15, -0.1) is 0 Å². The molecule has 0 saturated carbocycles. The van der Waals surface area contributed by atoms with Gasteiger partial charge in [0.05, 0.1) is 0 Å². The third kappa shape index (κ3) is 4.34. The summed E-state index contributed by atoms with van der Waals surface area (Å²) in [7, 11) is 0. The van der Waals surface area contributed by atoms with E-state index in [1.165, 1.54) is 44.2 Å². The fourth-order valence-corrected chi connectivity index (χ4v) is 5.40. The SMILES string of the molecule is C1=CC=C(c2ccccc2)C2C=CC=CC2C(c2ccc(-c3cccc4ccccc34)cc2)=CC=C1. The van der Waals surface area contributed by atoms with Crippen molar-refractivity contribution >= 4 is 21.9 Å². The van der Waals surface area contributed by atoms with Gasteiger partial charge in [0.1, 0.15) is 0 Å². The molecule has 0 spiro atoms. The molecule has 6 rings (SSSR count). The molecule has 2 aliphatic rings. The Balaban J connectivity index is 1.41. The van der Waals surface area contributed by atoms with Crippen molar-refractivity contribution in [1.82, 2.24) is 0 Å². The van der Waals surface area contributed by atoms with Gasteiger partial charge in [0, 0.05) is 11.8 Å². The van der Waals surface area contributed by atoms with E-state index in [9.17, 15) is 0 Å². The molecule has 36 heavy (non-hydrogen) atoms. The molecule has 0 aromatic heterocycles. The van der Waals surface area contributed by atoms with Gasteiger partial charge in [-0.2, -0.15) is 0 Å². The van der Waals surface area contributed by atoms with Gasteiger partial charge in [-0.25, -0.2) is 0 Å². The maximum atomic E-state index is 2.35. The van der Waals surface area contributed by atoms with Crippen LogP contribution < -0.4 is 0 Å². The van der Waals surface area contributed by atoms with E-state index >= 15 is 0 Å². The molecule has 0 aliphatic heterocycles. The average molecular weight is 461 g/mol. The van der Waals surface area contributed by atoms with Gasteiger partial charge in [0.25, 0.3) is 0 Å². The Hall–Kier alpha value is -4.42. The monoisotopic (exact) mass is 460 g/mol. The average Bonchev–Trinajstić information content (AvgIpc) is 2.95. The molecule has 4 aromatic rings. The minimum atomic E-state index is 0.251. The summed E-state index contributed by atoms with van der Waals surface area (Å²) in [6, 6.07) is 35.0. The Labute approximate surface area is 213 Å². The molecule has 0 fully saturated rings. The van der Waals surface area contributed by atoms with Crippen molar-refractivity contribution < 1.29 is 0 Å². The molecule has 0 heteroatoms. The number of hydrogen-bond donors (Lipinski definition) is 0. The second-order valence-corrected chi connectivity index (χ2v) is 9.31. The first-order valence-electron chi connectivity index (χ1n) is 12.6. The minimum absolute atomic E-state index is 0.251. The van der Waals surface area contributed by atoms with Gasteiger partial charge in [0.2, 0.25) is 0 Å². The van der Waals surface area contributed by atoms with Crippen LogP contribution in [0.5, 0.6) is 0 Å². The molecule has 2 atom stereocenters. The third-order valence-corrected chi connectivity index (χ3v) is 7.16. The lowest BCUT2D eigenvalue weighted by atomic mass is 9.74. The number of allylic oxidation sites excluding steroid dienone is 12. The van der Waals surface area contributed by atoms with E-state index in [1.807, 2.05) is 0 Å². The third-order valence-electron chi connectivity index (χ3n) is 7.16. The molecule has 4 aromatic carbocycles. The van der Waals surface area contributed by atoms with Crippen molar-refractivity contribution in [2.45, 2.75) is 0 Å². The van der Waals surface area contributed by atoms with Crippen molar-refractivity contribution in [2.24, 2.45) is 11.8 Å². The van der Waals surface area contributed by atoms with Crippen LogP contribution in [0.2, 0.25) is 0 Å². The van der Waals surface area contributed by atoms with Crippen molar-refractivity contribution in [3.05, 3.63) is 169 Å². The van der Waals surface area contributed by atoms with Gasteiger partial charge >= 0.3 is 0 Å². The predicted molar refractivity (Wildman–Crippen MR) is 155 cm³/mol. The summed E-state index contributed by atoms with van der Waals surface area (Å²) >= 11 is 0. The quantitative estimate of drug-likeness (QED) is 0.286. The highest BCUT2D eigenvalue weighted by atomic mass is 14.3. The zero-order valence-electron chi connectivity index (χ0n) is 20.2. The highest BCUT2D eigenvalue weighted by Crippen LogP contribution is 2.41. The topological polar surface area (TPSA) is 0 Å². The zero-order valence-corrected chi connectivity index (χ0v) is 20.2. The van der Waals surface area contributed by atoms with E-state index in [1.54, 1.807) is 0 Å². The second-order valence-electron chi connectivity index (χ2n) is 9.31. The van der Waals surface area contributed by atoms with E-state index in [0.717, 1.165) is 0 Å². The summed E-state index contributed by atoms with van der Waals surface area (Å²) in [4.78, 5) is 0. The van der Waals surface area contributed by atoms with E-state index < -0.39 is 0 Å². The molecule has 0 heterocycles. The van der Waals surface area contributed by atoms with Gasteiger partial charge in [-0.1, -0.05) is 158 Å². The van der Waals surface area contributed by atoms with E-state index in [0.29, 0.717) is 0 Å². The highest BCUT2D eigenvalue weighted by molar-refractivity contribution is 5.96. The largest absolute Gasteiger partial charge is 0.0761 e. The minimum Gasteiger partial charge on any atom is -0.0761 e. The Morgan fingerprint density at radius 1 is 0.389 bits per heavy atom. The fourth-order valence-electron chi connectivity index (χ4n) is 5.40. The first kappa shape index (κ1) is 22.1. The number of rotatable bonds is 3. The zero-order chi connectivity index (χ0) is 24.2. The van der Waals surface area contributed by atoms with E-state index in [2.05, 4.69) is 158 Å². The molecule has 0 saturated heterocycles. The number of fused-ring (bicyclic) bond motifs is 2. The van der Waals surface area contributed by atoms with Crippen LogP contribution in [0.15, 0.2) is 158 Å². The molecule has 2 aliphatic carbocycles.